The minimum atomic E-state index is -0.582. The van der Waals surface area contributed by atoms with E-state index in [2.05, 4.69) is 20.5 Å². The number of Topliss-reactive ketones (excluding diaryl/α,β-unsaturated/α-hetero) is 1. The van der Waals surface area contributed by atoms with Crippen LogP contribution in [-0.4, -0.2) is 66.3 Å². The fraction of sp³-hybridized carbons (Fsp3) is 0.645. The molecule has 0 saturated carbocycles. The number of nitrogens with zero attached hydrogens (tertiary/aromatic N) is 1. The van der Waals surface area contributed by atoms with E-state index in [0.717, 1.165) is 53.6 Å². The molecular weight excluding hydrogens is 492 g/mol. The van der Waals surface area contributed by atoms with Gasteiger partial charge in [0.15, 0.2) is 0 Å². The van der Waals surface area contributed by atoms with Gasteiger partial charge in [-0.2, -0.15) is 0 Å². The van der Waals surface area contributed by atoms with Crippen molar-refractivity contribution in [2.75, 3.05) is 26.7 Å². The zero-order valence-electron chi connectivity index (χ0n) is 23.9. The van der Waals surface area contributed by atoms with Gasteiger partial charge in [-0.05, 0) is 95.1 Å². The third-order valence-electron chi connectivity index (χ3n) is 8.60. The van der Waals surface area contributed by atoms with Gasteiger partial charge in [0.1, 0.15) is 17.6 Å². The van der Waals surface area contributed by atoms with Crippen LogP contribution in [0.15, 0.2) is 18.2 Å². The monoisotopic (exact) mass is 538 g/mol. The summed E-state index contributed by atoms with van der Waals surface area (Å²) >= 11 is 0. The number of aromatic nitrogens is 1. The fourth-order valence-corrected chi connectivity index (χ4v) is 6.46. The third-order valence-corrected chi connectivity index (χ3v) is 8.60. The van der Waals surface area contributed by atoms with Gasteiger partial charge in [-0.3, -0.25) is 9.59 Å². The van der Waals surface area contributed by atoms with Crippen molar-refractivity contribution in [2.45, 2.75) is 96.6 Å². The minimum Gasteiger partial charge on any atom is -0.497 e. The van der Waals surface area contributed by atoms with E-state index in [1.165, 1.54) is 38.8 Å². The minimum absolute atomic E-state index is 0.0971. The Morgan fingerprint density at radius 2 is 1.92 bits per heavy atom. The molecule has 3 atom stereocenters. The number of H-pyrrole nitrogens is 1. The molecule has 0 bridgehead atoms. The van der Waals surface area contributed by atoms with Crippen LogP contribution >= 0.6 is 0 Å². The van der Waals surface area contributed by atoms with Gasteiger partial charge in [-0.15, -0.1) is 0 Å². The first-order valence-corrected chi connectivity index (χ1v) is 14.8. The molecule has 4 rings (SSSR count). The normalized spacial score (nSPS) is 20.3. The summed E-state index contributed by atoms with van der Waals surface area (Å²) in [5, 5.41) is 7.21. The number of carbonyl (C=O) groups is 3. The Bertz CT molecular complexity index is 1140. The molecular formula is C31H46N4O4. The van der Waals surface area contributed by atoms with Crippen LogP contribution in [0.2, 0.25) is 0 Å². The summed E-state index contributed by atoms with van der Waals surface area (Å²) in [4.78, 5) is 43.9. The SMILES string of the molecule is COc1ccc2[nH]c(C)c(CC(=O)N[C@@H](CCCCCC(C)=O)C(=O)NCC3CCCN4CCCCC34)c2c1. The Morgan fingerprint density at radius 1 is 1.10 bits per heavy atom. The van der Waals surface area contributed by atoms with E-state index >= 15 is 0 Å². The summed E-state index contributed by atoms with van der Waals surface area (Å²) in [5.74, 6) is 1.14. The van der Waals surface area contributed by atoms with Gasteiger partial charge in [-0.1, -0.05) is 19.3 Å². The standard InChI is InChI=1S/C31H46N4O4/c1-21(36)10-5-4-6-12-28(31(38)32-20-23-11-9-17-35-16-8-7-13-29(23)35)34-30(37)19-25-22(2)33-27-15-14-24(39-3)18-26(25)27/h14-15,18,23,28-29,33H,4-13,16-17,19-20H2,1-3H3,(H,32,38)(H,34,37)/t23?,28-,29?/m0/s1. The van der Waals surface area contributed by atoms with Crippen molar-refractivity contribution in [3.63, 3.8) is 0 Å². The number of rotatable bonds is 13. The van der Waals surface area contributed by atoms with Crippen LogP contribution in [0.3, 0.4) is 0 Å². The topological polar surface area (TPSA) is 104 Å². The van der Waals surface area contributed by atoms with Gasteiger partial charge in [0.05, 0.1) is 13.5 Å². The van der Waals surface area contributed by atoms with E-state index in [1.54, 1.807) is 14.0 Å². The zero-order chi connectivity index (χ0) is 27.8. The van der Waals surface area contributed by atoms with Crippen molar-refractivity contribution in [1.82, 2.24) is 20.5 Å². The predicted octanol–water partition coefficient (Wildman–Crippen LogP) is 4.43. The number of hydrogen-bond donors (Lipinski definition) is 3. The van der Waals surface area contributed by atoms with Crippen molar-refractivity contribution in [3.8, 4) is 5.75 Å². The summed E-state index contributed by atoms with van der Waals surface area (Å²) in [5.41, 5.74) is 2.81. The molecule has 1 aromatic carbocycles. The largest absolute Gasteiger partial charge is 0.497 e. The lowest BCUT2D eigenvalue weighted by atomic mass is 9.83. The quantitative estimate of drug-likeness (QED) is 0.327. The summed E-state index contributed by atoms with van der Waals surface area (Å²) < 4.78 is 5.38. The summed E-state index contributed by atoms with van der Waals surface area (Å²) in [6.45, 7) is 6.59. The molecule has 2 saturated heterocycles. The Labute approximate surface area is 232 Å². The summed E-state index contributed by atoms with van der Waals surface area (Å²) in [6, 6.07) is 5.78. The van der Waals surface area contributed by atoms with Crippen LogP contribution in [0.4, 0.5) is 0 Å². The zero-order valence-corrected chi connectivity index (χ0v) is 23.9. The van der Waals surface area contributed by atoms with E-state index in [9.17, 15) is 14.4 Å². The number of amides is 2. The van der Waals surface area contributed by atoms with Crippen molar-refractivity contribution in [1.29, 1.82) is 0 Å². The van der Waals surface area contributed by atoms with Crippen LogP contribution in [0.5, 0.6) is 5.75 Å². The molecule has 3 N–H and O–H groups in total. The van der Waals surface area contributed by atoms with E-state index in [4.69, 9.17) is 4.74 Å². The number of unbranched alkanes of at least 4 members (excludes halogenated alkanes) is 2. The highest BCUT2D eigenvalue weighted by molar-refractivity contribution is 5.93. The van der Waals surface area contributed by atoms with Crippen molar-refractivity contribution < 1.29 is 19.1 Å². The average Bonchev–Trinajstić information content (AvgIpc) is 3.24. The number of piperidine rings is 2. The number of ether oxygens (including phenoxy) is 1. The molecule has 214 valence electrons. The molecule has 2 aliphatic rings. The maximum absolute atomic E-state index is 13.4. The van der Waals surface area contributed by atoms with E-state index < -0.39 is 6.04 Å². The Hall–Kier alpha value is -2.87. The molecule has 1 aromatic heterocycles. The molecule has 8 nitrogen and oxygen atoms in total. The first kappa shape index (κ1) is 29.1. The highest BCUT2D eigenvalue weighted by Crippen LogP contribution is 2.30. The van der Waals surface area contributed by atoms with E-state index in [-0.39, 0.29) is 24.0 Å². The molecule has 2 amide bonds. The van der Waals surface area contributed by atoms with Crippen molar-refractivity contribution >= 4 is 28.5 Å². The predicted molar refractivity (Wildman–Crippen MR) is 154 cm³/mol. The van der Waals surface area contributed by atoms with Crippen molar-refractivity contribution in [3.05, 3.63) is 29.5 Å². The maximum Gasteiger partial charge on any atom is 0.242 e. The van der Waals surface area contributed by atoms with Gasteiger partial charge < -0.3 is 30.0 Å². The Balaban J connectivity index is 1.39. The Morgan fingerprint density at radius 3 is 2.72 bits per heavy atom. The molecule has 2 aliphatic heterocycles. The van der Waals surface area contributed by atoms with Crippen LogP contribution in [-0.2, 0) is 20.8 Å². The Kier molecular flexibility index (Phi) is 10.4. The highest BCUT2D eigenvalue weighted by Gasteiger charge is 2.33. The second-order valence-corrected chi connectivity index (χ2v) is 11.5. The number of carbonyl (C=O) groups excluding carboxylic acids is 3. The second kappa shape index (κ2) is 14.0. The number of hydrogen-bond acceptors (Lipinski definition) is 5. The lowest BCUT2D eigenvalue weighted by Gasteiger charge is -2.44. The third kappa shape index (κ3) is 7.84. The molecule has 2 unspecified atom stereocenters. The smallest absolute Gasteiger partial charge is 0.242 e. The molecule has 0 aliphatic carbocycles. The molecule has 3 heterocycles. The first-order chi connectivity index (χ1) is 18.9. The number of methoxy groups -OCH3 is 1. The van der Waals surface area contributed by atoms with E-state index in [1.807, 2.05) is 25.1 Å². The lowest BCUT2D eigenvalue weighted by molar-refractivity contribution is -0.129. The van der Waals surface area contributed by atoms with Gasteiger partial charge in [0.2, 0.25) is 11.8 Å². The summed E-state index contributed by atoms with van der Waals surface area (Å²) in [7, 11) is 1.63. The fourth-order valence-electron chi connectivity index (χ4n) is 6.46. The van der Waals surface area contributed by atoms with Gasteiger partial charge >= 0.3 is 0 Å². The van der Waals surface area contributed by atoms with E-state index in [0.29, 0.717) is 31.3 Å². The number of nitrogens with one attached hydrogen (secondary N) is 3. The molecule has 0 radical (unpaired) electrons. The number of aromatic amines is 1. The van der Waals surface area contributed by atoms with Crippen LogP contribution in [0.1, 0.15) is 82.4 Å². The maximum atomic E-state index is 13.4. The number of ketones is 1. The highest BCUT2D eigenvalue weighted by atomic mass is 16.5. The molecule has 0 spiro atoms. The first-order valence-electron chi connectivity index (χ1n) is 14.8. The van der Waals surface area contributed by atoms with Crippen LogP contribution in [0.25, 0.3) is 10.9 Å². The second-order valence-electron chi connectivity index (χ2n) is 11.5. The van der Waals surface area contributed by atoms with Crippen molar-refractivity contribution in [2.24, 2.45) is 5.92 Å². The number of fused-ring (bicyclic) bond motifs is 2. The lowest BCUT2D eigenvalue weighted by Crippen LogP contribution is -2.53. The summed E-state index contributed by atoms with van der Waals surface area (Å²) in [6.07, 6.45) is 9.86. The molecule has 8 heteroatoms. The number of aryl methyl sites for hydroxylation is 1. The molecule has 39 heavy (non-hydrogen) atoms. The average molecular weight is 539 g/mol. The van der Waals surface area contributed by atoms with Gasteiger partial charge in [0, 0.05) is 35.6 Å². The van der Waals surface area contributed by atoms with Crippen LogP contribution < -0.4 is 15.4 Å². The van der Waals surface area contributed by atoms with Crippen LogP contribution in [0, 0.1) is 12.8 Å². The number of benzene rings is 1. The van der Waals surface area contributed by atoms with Gasteiger partial charge in [0.25, 0.3) is 0 Å². The molecule has 2 aromatic rings. The van der Waals surface area contributed by atoms with Gasteiger partial charge in [-0.25, -0.2) is 0 Å². The molecule has 2 fully saturated rings.